The van der Waals surface area contributed by atoms with E-state index in [1.807, 2.05) is 0 Å². The molecule has 1 aromatic carbocycles. The number of Topliss-reactive ketones (excluding diaryl/α,β-unsaturated/α-hetero) is 1. The maximum absolute atomic E-state index is 11.6. The number of para-hydroxylation sites is 1. The highest BCUT2D eigenvalue weighted by atomic mass is 16.6. The molecule has 0 N–H and O–H groups in total. The van der Waals surface area contributed by atoms with Gasteiger partial charge in [-0.15, -0.1) is 0 Å². The number of hydrogen-bond acceptors (Lipinski definition) is 6. The van der Waals surface area contributed by atoms with Crippen molar-refractivity contribution in [2.45, 2.75) is 0 Å². The summed E-state index contributed by atoms with van der Waals surface area (Å²) in [6.45, 7) is -0.345. The third-order valence-electron chi connectivity index (χ3n) is 2.08. The van der Waals surface area contributed by atoms with E-state index in [2.05, 4.69) is 9.47 Å². The lowest BCUT2D eigenvalue weighted by Gasteiger charge is -2.08. The maximum Gasteiger partial charge on any atom is 0.379 e. The van der Waals surface area contributed by atoms with Gasteiger partial charge in [0, 0.05) is 0 Å². The van der Waals surface area contributed by atoms with Crippen LogP contribution in [0, 0.1) is 0 Å². The van der Waals surface area contributed by atoms with Crippen LogP contribution in [0.15, 0.2) is 24.3 Å². The monoisotopic (exact) mass is 252 g/mol. The Kier molecular flexibility index (Phi) is 4.86. The normalized spacial score (nSPS) is 9.44. The lowest BCUT2D eigenvalue weighted by molar-refractivity contribution is -0.142. The molecule has 0 radical (unpaired) electrons. The van der Waals surface area contributed by atoms with Crippen LogP contribution in [0.25, 0.3) is 0 Å². The number of ether oxygens (including phenoxy) is 3. The SMILES string of the molecule is COC(=O)COc1ccccc1C(=O)C(=O)OC. The van der Waals surface area contributed by atoms with Crippen LogP contribution in [0.3, 0.4) is 0 Å². The molecule has 0 aliphatic rings. The zero-order valence-electron chi connectivity index (χ0n) is 9.97. The summed E-state index contributed by atoms with van der Waals surface area (Å²) < 4.78 is 13.8. The van der Waals surface area contributed by atoms with Crippen LogP contribution in [-0.2, 0) is 19.1 Å². The van der Waals surface area contributed by atoms with E-state index in [1.165, 1.54) is 19.2 Å². The number of ketones is 1. The molecule has 0 fully saturated rings. The van der Waals surface area contributed by atoms with Crippen molar-refractivity contribution >= 4 is 17.7 Å². The Balaban J connectivity index is 2.89. The smallest absolute Gasteiger partial charge is 0.379 e. The molecule has 0 heterocycles. The molecule has 1 aromatic rings. The summed E-state index contributed by atoms with van der Waals surface area (Å²) in [7, 11) is 2.33. The Morgan fingerprint density at radius 1 is 1.06 bits per heavy atom. The summed E-state index contributed by atoms with van der Waals surface area (Å²) in [5, 5.41) is 0. The van der Waals surface area contributed by atoms with E-state index in [1.54, 1.807) is 12.1 Å². The molecule has 6 nitrogen and oxygen atoms in total. The van der Waals surface area contributed by atoms with E-state index >= 15 is 0 Å². The number of methoxy groups -OCH3 is 2. The highest BCUT2D eigenvalue weighted by Gasteiger charge is 2.21. The van der Waals surface area contributed by atoms with E-state index < -0.39 is 17.7 Å². The lowest BCUT2D eigenvalue weighted by Crippen LogP contribution is -2.18. The van der Waals surface area contributed by atoms with Gasteiger partial charge < -0.3 is 14.2 Å². The number of carbonyl (C=O) groups excluding carboxylic acids is 3. The minimum absolute atomic E-state index is 0.0354. The van der Waals surface area contributed by atoms with Crippen LogP contribution in [0.4, 0.5) is 0 Å². The van der Waals surface area contributed by atoms with Gasteiger partial charge in [-0.25, -0.2) is 9.59 Å². The summed E-state index contributed by atoms with van der Waals surface area (Å²) in [6, 6.07) is 6.06. The number of esters is 2. The van der Waals surface area contributed by atoms with Crippen molar-refractivity contribution in [3.05, 3.63) is 29.8 Å². The molecular weight excluding hydrogens is 240 g/mol. The van der Waals surface area contributed by atoms with Gasteiger partial charge in [0.05, 0.1) is 19.8 Å². The predicted octanol–water partition coefficient (Wildman–Crippen LogP) is 0.594. The first-order chi connectivity index (χ1) is 8.60. The number of benzene rings is 1. The van der Waals surface area contributed by atoms with Gasteiger partial charge >= 0.3 is 11.9 Å². The summed E-state index contributed by atoms with van der Waals surface area (Å²) in [4.78, 5) is 33.7. The van der Waals surface area contributed by atoms with E-state index in [9.17, 15) is 14.4 Å². The zero-order chi connectivity index (χ0) is 13.5. The summed E-state index contributed by atoms with van der Waals surface area (Å²) in [5.74, 6) is -2.30. The molecule has 0 bridgehead atoms. The van der Waals surface area contributed by atoms with Crippen molar-refractivity contribution < 1.29 is 28.6 Å². The van der Waals surface area contributed by atoms with Crippen molar-refractivity contribution in [1.82, 2.24) is 0 Å². The fourth-order valence-corrected chi connectivity index (χ4v) is 1.18. The van der Waals surface area contributed by atoms with Gasteiger partial charge in [-0.3, -0.25) is 4.79 Å². The second-order valence-electron chi connectivity index (χ2n) is 3.18. The first kappa shape index (κ1) is 13.7. The van der Waals surface area contributed by atoms with E-state index in [0.717, 1.165) is 7.11 Å². The maximum atomic E-state index is 11.6. The molecule has 0 saturated heterocycles. The second kappa shape index (κ2) is 6.39. The topological polar surface area (TPSA) is 78.9 Å². The lowest BCUT2D eigenvalue weighted by atomic mass is 10.1. The standard InChI is InChI=1S/C12H12O6/c1-16-10(13)7-18-9-6-4-3-5-8(9)11(14)12(15)17-2/h3-6H,7H2,1-2H3. The average molecular weight is 252 g/mol. The summed E-state index contributed by atoms with van der Waals surface area (Å²) >= 11 is 0. The molecule has 6 heteroatoms. The predicted molar refractivity (Wildman–Crippen MR) is 60.3 cm³/mol. The quantitative estimate of drug-likeness (QED) is 0.433. The molecule has 18 heavy (non-hydrogen) atoms. The van der Waals surface area contributed by atoms with Crippen molar-refractivity contribution in [3.8, 4) is 5.75 Å². The van der Waals surface area contributed by atoms with Crippen molar-refractivity contribution in [3.63, 3.8) is 0 Å². The molecule has 0 amide bonds. The van der Waals surface area contributed by atoms with Crippen LogP contribution >= 0.6 is 0 Å². The average Bonchev–Trinajstić information content (AvgIpc) is 2.43. The third kappa shape index (κ3) is 3.31. The Labute approximate surface area is 103 Å². The molecule has 0 aliphatic heterocycles. The van der Waals surface area contributed by atoms with Crippen LogP contribution < -0.4 is 4.74 Å². The number of carbonyl (C=O) groups is 3. The first-order valence-electron chi connectivity index (χ1n) is 5.01. The highest BCUT2D eigenvalue weighted by molar-refractivity contribution is 6.41. The highest BCUT2D eigenvalue weighted by Crippen LogP contribution is 2.18. The first-order valence-corrected chi connectivity index (χ1v) is 5.01. The van der Waals surface area contributed by atoms with Gasteiger partial charge in [0.25, 0.3) is 5.78 Å². The molecule has 0 saturated carbocycles. The van der Waals surface area contributed by atoms with Gasteiger partial charge in [-0.05, 0) is 12.1 Å². The van der Waals surface area contributed by atoms with Gasteiger partial charge in [-0.1, -0.05) is 12.1 Å². The van der Waals surface area contributed by atoms with Crippen molar-refractivity contribution in [2.24, 2.45) is 0 Å². The molecule has 0 aromatic heterocycles. The van der Waals surface area contributed by atoms with Gasteiger partial charge in [0.1, 0.15) is 5.75 Å². The van der Waals surface area contributed by atoms with Gasteiger partial charge in [-0.2, -0.15) is 0 Å². The molecular formula is C12H12O6. The second-order valence-corrected chi connectivity index (χ2v) is 3.18. The Hall–Kier alpha value is -2.37. The minimum atomic E-state index is -0.996. The molecule has 0 atom stereocenters. The Bertz CT molecular complexity index is 465. The Morgan fingerprint density at radius 2 is 1.72 bits per heavy atom. The largest absolute Gasteiger partial charge is 0.481 e. The summed E-state index contributed by atoms with van der Waals surface area (Å²) in [6.07, 6.45) is 0. The fraction of sp³-hybridized carbons (Fsp3) is 0.250. The minimum Gasteiger partial charge on any atom is -0.481 e. The van der Waals surface area contributed by atoms with E-state index in [-0.39, 0.29) is 17.9 Å². The molecule has 0 aliphatic carbocycles. The Morgan fingerprint density at radius 3 is 2.33 bits per heavy atom. The zero-order valence-corrected chi connectivity index (χ0v) is 9.97. The van der Waals surface area contributed by atoms with Crippen LogP contribution in [-0.4, -0.2) is 38.5 Å². The van der Waals surface area contributed by atoms with Gasteiger partial charge in [0.15, 0.2) is 6.61 Å². The van der Waals surface area contributed by atoms with E-state index in [4.69, 9.17) is 4.74 Å². The molecule has 0 spiro atoms. The molecule has 96 valence electrons. The van der Waals surface area contributed by atoms with Crippen LogP contribution in [0.1, 0.15) is 10.4 Å². The van der Waals surface area contributed by atoms with Crippen molar-refractivity contribution in [1.29, 1.82) is 0 Å². The van der Waals surface area contributed by atoms with Gasteiger partial charge in [0.2, 0.25) is 0 Å². The number of hydrogen-bond donors (Lipinski definition) is 0. The number of rotatable bonds is 5. The van der Waals surface area contributed by atoms with Crippen molar-refractivity contribution in [2.75, 3.05) is 20.8 Å². The summed E-state index contributed by atoms with van der Waals surface area (Å²) in [5.41, 5.74) is 0.0354. The van der Waals surface area contributed by atoms with Crippen LogP contribution in [0.2, 0.25) is 0 Å². The third-order valence-corrected chi connectivity index (χ3v) is 2.08. The molecule has 0 unspecified atom stereocenters. The molecule has 1 rings (SSSR count). The van der Waals surface area contributed by atoms with E-state index in [0.29, 0.717) is 0 Å². The van der Waals surface area contributed by atoms with Crippen LogP contribution in [0.5, 0.6) is 5.75 Å². The fourth-order valence-electron chi connectivity index (χ4n) is 1.18.